The van der Waals surface area contributed by atoms with Crippen molar-refractivity contribution in [3.05, 3.63) is 64.0 Å². The summed E-state index contributed by atoms with van der Waals surface area (Å²) in [5, 5.41) is 2.86. The predicted molar refractivity (Wildman–Crippen MR) is 94.3 cm³/mol. The Hall–Kier alpha value is -3.09. The first-order valence-electron chi connectivity index (χ1n) is 7.98. The summed E-state index contributed by atoms with van der Waals surface area (Å²) in [6.07, 6.45) is 1.81. The zero-order valence-corrected chi connectivity index (χ0v) is 14.4. The fraction of sp³-hybridized carbons (Fsp3) is 0.278. The molecule has 7 nitrogen and oxygen atoms in total. The third-order valence-corrected chi connectivity index (χ3v) is 4.08. The zero-order valence-electron chi connectivity index (χ0n) is 14.4. The Morgan fingerprint density at radius 2 is 2.08 bits per heavy atom. The quantitative estimate of drug-likeness (QED) is 0.764. The molecule has 0 atom stereocenters. The number of aromatic nitrogens is 3. The van der Waals surface area contributed by atoms with Crippen LogP contribution in [0.15, 0.2) is 41.3 Å². The van der Waals surface area contributed by atoms with Gasteiger partial charge >= 0.3 is 0 Å². The van der Waals surface area contributed by atoms with Gasteiger partial charge in [-0.3, -0.25) is 14.0 Å². The second-order valence-electron chi connectivity index (χ2n) is 5.76. The molecular weight excluding hydrogens is 320 g/mol. The monoisotopic (exact) mass is 340 g/mol. The highest BCUT2D eigenvalue weighted by atomic mass is 16.5. The number of fused-ring (bicyclic) bond motifs is 1. The molecule has 1 amide bonds. The lowest BCUT2D eigenvalue weighted by atomic mass is 10.3. The molecule has 0 aliphatic carbocycles. The summed E-state index contributed by atoms with van der Waals surface area (Å²) in [5.74, 6) is 0.319. The van der Waals surface area contributed by atoms with Crippen LogP contribution in [0.5, 0.6) is 5.75 Å². The molecule has 0 unspecified atom stereocenters. The average molecular weight is 340 g/mol. The van der Waals surface area contributed by atoms with Crippen LogP contribution in [0.2, 0.25) is 0 Å². The number of ether oxygens (including phenoxy) is 1. The summed E-state index contributed by atoms with van der Waals surface area (Å²) in [5.41, 5.74) is 2.53. The maximum Gasteiger partial charge on any atom is 0.270 e. The fourth-order valence-corrected chi connectivity index (χ4v) is 2.86. The number of imidazole rings is 1. The van der Waals surface area contributed by atoms with Crippen LogP contribution >= 0.6 is 0 Å². The molecule has 0 saturated carbocycles. The summed E-state index contributed by atoms with van der Waals surface area (Å²) < 4.78 is 8.44. The van der Waals surface area contributed by atoms with Gasteiger partial charge in [-0.25, -0.2) is 4.98 Å². The van der Waals surface area contributed by atoms with Crippen molar-refractivity contribution in [3.8, 4) is 5.75 Å². The third-order valence-electron chi connectivity index (χ3n) is 4.08. The Morgan fingerprint density at radius 1 is 1.28 bits per heavy atom. The van der Waals surface area contributed by atoms with Crippen LogP contribution in [-0.4, -0.2) is 33.5 Å². The number of nitrogens with one attached hydrogen (secondary N) is 1. The van der Waals surface area contributed by atoms with E-state index in [0.29, 0.717) is 30.2 Å². The van der Waals surface area contributed by atoms with Gasteiger partial charge in [0.05, 0.1) is 12.8 Å². The van der Waals surface area contributed by atoms with Gasteiger partial charge in [-0.2, -0.15) is 0 Å². The van der Waals surface area contributed by atoms with E-state index in [2.05, 4.69) is 10.3 Å². The number of rotatable bonds is 5. The van der Waals surface area contributed by atoms with Crippen LogP contribution in [0.4, 0.5) is 0 Å². The lowest BCUT2D eigenvalue weighted by Crippen LogP contribution is -2.32. The maximum absolute atomic E-state index is 12.5. The molecular formula is C18H20N4O3. The smallest absolute Gasteiger partial charge is 0.270 e. The van der Waals surface area contributed by atoms with Crippen LogP contribution in [-0.2, 0) is 6.54 Å². The van der Waals surface area contributed by atoms with E-state index in [4.69, 9.17) is 4.74 Å². The Labute approximate surface area is 144 Å². The van der Waals surface area contributed by atoms with E-state index >= 15 is 0 Å². The molecule has 0 saturated heterocycles. The molecule has 0 aliphatic rings. The molecule has 0 spiro atoms. The molecule has 0 radical (unpaired) electrons. The summed E-state index contributed by atoms with van der Waals surface area (Å²) in [6.45, 7) is 4.36. The first-order chi connectivity index (χ1) is 12.0. The molecule has 3 rings (SSSR count). The fourth-order valence-electron chi connectivity index (χ4n) is 2.86. The van der Waals surface area contributed by atoms with E-state index in [-0.39, 0.29) is 11.5 Å². The van der Waals surface area contributed by atoms with Gasteiger partial charge in [0.25, 0.3) is 11.5 Å². The number of carbonyl (C=O) groups is 1. The lowest BCUT2D eigenvalue weighted by Gasteiger charge is -2.12. The molecule has 0 aromatic carbocycles. The van der Waals surface area contributed by atoms with Gasteiger partial charge in [-0.05, 0) is 32.0 Å². The third kappa shape index (κ3) is 3.26. The standard InChI is InChI=1S/C18H20N4O3/c1-12-10-14(25-3)11-16(23)21(12)9-7-19-18(24)17-13(2)20-15-6-4-5-8-22(15)17/h4-6,8,10-11H,7,9H2,1-3H3,(H,19,24). The van der Waals surface area contributed by atoms with E-state index in [0.717, 1.165) is 11.3 Å². The van der Waals surface area contributed by atoms with Gasteiger partial charge in [0.2, 0.25) is 0 Å². The minimum absolute atomic E-state index is 0.155. The molecule has 3 heterocycles. The molecule has 130 valence electrons. The van der Waals surface area contributed by atoms with Crippen molar-refractivity contribution >= 4 is 11.6 Å². The highest BCUT2D eigenvalue weighted by Gasteiger charge is 2.15. The number of methoxy groups -OCH3 is 1. The zero-order chi connectivity index (χ0) is 18.0. The highest BCUT2D eigenvalue weighted by Crippen LogP contribution is 2.11. The van der Waals surface area contributed by atoms with Gasteiger partial charge < -0.3 is 14.6 Å². The highest BCUT2D eigenvalue weighted by molar-refractivity contribution is 5.94. The van der Waals surface area contributed by atoms with Crippen LogP contribution in [0.25, 0.3) is 5.65 Å². The summed E-state index contributed by atoms with van der Waals surface area (Å²) in [6, 6.07) is 8.80. The van der Waals surface area contributed by atoms with Gasteiger partial charge in [-0.15, -0.1) is 0 Å². The van der Waals surface area contributed by atoms with Crippen molar-refractivity contribution in [2.75, 3.05) is 13.7 Å². The maximum atomic E-state index is 12.5. The summed E-state index contributed by atoms with van der Waals surface area (Å²) >= 11 is 0. The lowest BCUT2D eigenvalue weighted by molar-refractivity contribution is 0.0945. The average Bonchev–Trinajstić information content (AvgIpc) is 2.92. The van der Waals surface area contributed by atoms with E-state index < -0.39 is 0 Å². The van der Waals surface area contributed by atoms with Crippen molar-refractivity contribution in [1.82, 2.24) is 19.3 Å². The number of hydrogen-bond donors (Lipinski definition) is 1. The first-order valence-corrected chi connectivity index (χ1v) is 7.98. The largest absolute Gasteiger partial charge is 0.496 e. The van der Waals surface area contributed by atoms with Crippen molar-refractivity contribution < 1.29 is 9.53 Å². The Balaban J connectivity index is 1.73. The number of carbonyl (C=O) groups excluding carboxylic acids is 1. The van der Waals surface area contributed by atoms with Crippen molar-refractivity contribution in [3.63, 3.8) is 0 Å². The van der Waals surface area contributed by atoms with E-state index in [1.54, 1.807) is 22.0 Å². The Morgan fingerprint density at radius 3 is 2.80 bits per heavy atom. The summed E-state index contributed by atoms with van der Waals surface area (Å²) in [4.78, 5) is 29.0. The van der Waals surface area contributed by atoms with Gasteiger partial charge in [0.1, 0.15) is 17.1 Å². The number of pyridine rings is 2. The Kier molecular flexibility index (Phi) is 4.56. The second kappa shape index (κ2) is 6.80. The molecule has 0 bridgehead atoms. The van der Waals surface area contributed by atoms with Crippen LogP contribution < -0.4 is 15.6 Å². The first kappa shape index (κ1) is 16.8. The predicted octanol–water partition coefficient (Wildman–Crippen LogP) is 1.55. The van der Waals surface area contributed by atoms with E-state index in [9.17, 15) is 9.59 Å². The van der Waals surface area contributed by atoms with Crippen LogP contribution in [0.3, 0.4) is 0 Å². The van der Waals surface area contributed by atoms with E-state index in [1.165, 1.54) is 13.2 Å². The molecule has 3 aromatic heterocycles. The van der Waals surface area contributed by atoms with Crippen molar-refractivity contribution in [2.24, 2.45) is 0 Å². The molecule has 3 aromatic rings. The number of hydrogen-bond acceptors (Lipinski definition) is 4. The van der Waals surface area contributed by atoms with Gasteiger partial charge in [-0.1, -0.05) is 6.07 Å². The molecule has 1 N–H and O–H groups in total. The van der Waals surface area contributed by atoms with Gasteiger partial charge in [0, 0.05) is 31.0 Å². The van der Waals surface area contributed by atoms with E-state index in [1.807, 2.05) is 31.3 Å². The number of aryl methyl sites for hydroxylation is 2. The second-order valence-corrected chi connectivity index (χ2v) is 5.76. The Bertz CT molecular complexity index is 988. The molecule has 0 aliphatic heterocycles. The van der Waals surface area contributed by atoms with Gasteiger partial charge in [0.15, 0.2) is 0 Å². The van der Waals surface area contributed by atoms with Crippen LogP contribution in [0, 0.1) is 13.8 Å². The SMILES string of the molecule is COc1cc(C)n(CCNC(=O)c2c(C)nc3ccccn23)c(=O)c1. The molecule has 7 heteroatoms. The van der Waals surface area contributed by atoms with Crippen molar-refractivity contribution in [2.45, 2.75) is 20.4 Å². The topological polar surface area (TPSA) is 77.6 Å². The number of nitrogens with zero attached hydrogens (tertiary/aromatic N) is 3. The van der Waals surface area contributed by atoms with Crippen molar-refractivity contribution in [1.29, 1.82) is 0 Å². The summed E-state index contributed by atoms with van der Waals surface area (Å²) in [7, 11) is 1.52. The van der Waals surface area contributed by atoms with Crippen LogP contribution in [0.1, 0.15) is 21.9 Å². The minimum Gasteiger partial charge on any atom is -0.496 e. The molecule has 25 heavy (non-hydrogen) atoms. The normalized spacial score (nSPS) is 10.8. The minimum atomic E-state index is -0.213. The number of amides is 1. The molecule has 0 fully saturated rings.